The van der Waals surface area contributed by atoms with Crippen molar-refractivity contribution in [3.8, 4) is 11.8 Å². The van der Waals surface area contributed by atoms with Gasteiger partial charge in [-0.1, -0.05) is 17.9 Å². The van der Waals surface area contributed by atoms with E-state index in [4.69, 9.17) is 10.3 Å². The van der Waals surface area contributed by atoms with E-state index >= 15 is 0 Å². The standard InChI is InChI=1S/C20H20N2O5/c1-13(23)18(12-21-27)22-19(24)16-9-7-14(8-10-16)5-6-15-3-2-4-17(11-15)20(25)26/h2-4,7-11,13,18,21,23,27H,12H2,1H3,(H,22,24)(H,25,26)/t13-,18+/m1/s1. The summed E-state index contributed by atoms with van der Waals surface area (Å²) in [6.07, 6.45) is -0.833. The van der Waals surface area contributed by atoms with E-state index in [1.165, 1.54) is 19.1 Å². The van der Waals surface area contributed by atoms with Gasteiger partial charge in [-0.05, 0) is 49.4 Å². The highest BCUT2D eigenvalue weighted by atomic mass is 16.5. The molecule has 0 aliphatic heterocycles. The van der Waals surface area contributed by atoms with E-state index in [1.807, 2.05) is 5.48 Å². The van der Waals surface area contributed by atoms with E-state index in [2.05, 4.69) is 17.2 Å². The van der Waals surface area contributed by atoms with Gasteiger partial charge >= 0.3 is 5.97 Å². The van der Waals surface area contributed by atoms with Crippen LogP contribution in [0.1, 0.15) is 38.8 Å². The topological polar surface area (TPSA) is 119 Å². The third-order valence-electron chi connectivity index (χ3n) is 3.82. The van der Waals surface area contributed by atoms with Gasteiger partial charge in [0.15, 0.2) is 0 Å². The predicted molar refractivity (Wildman–Crippen MR) is 98.5 cm³/mol. The number of amides is 1. The Morgan fingerprint density at radius 2 is 1.70 bits per heavy atom. The molecule has 0 unspecified atom stereocenters. The van der Waals surface area contributed by atoms with Gasteiger partial charge in [0, 0.05) is 23.2 Å². The number of aliphatic hydroxyl groups excluding tert-OH is 1. The summed E-state index contributed by atoms with van der Waals surface area (Å²) in [5.41, 5.74) is 3.72. The van der Waals surface area contributed by atoms with E-state index < -0.39 is 18.1 Å². The molecule has 0 heterocycles. The summed E-state index contributed by atoms with van der Waals surface area (Å²) in [7, 11) is 0. The zero-order chi connectivity index (χ0) is 19.8. The van der Waals surface area contributed by atoms with Crippen LogP contribution in [0.4, 0.5) is 0 Å². The summed E-state index contributed by atoms with van der Waals surface area (Å²) in [5.74, 6) is 4.40. The van der Waals surface area contributed by atoms with Crippen LogP contribution in [0.3, 0.4) is 0 Å². The second-order valence-corrected chi connectivity index (χ2v) is 5.90. The number of rotatable bonds is 6. The molecule has 7 heteroatoms. The molecule has 0 radical (unpaired) electrons. The summed E-state index contributed by atoms with van der Waals surface area (Å²) < 4.78 is 0. The van der Waals surface area contributed by atoms with Crippen LogP contribution in [0, 0.1) is 11.8 Å². The molecule has 140 valence electrons. The van der Waals surface area contributed by atoms with Crippen molar-refractivity contribution < 1.29 is 25.0 Å². The first-order valence-electron chi connectivity index (χ1n) is 8.22. The fourth-order valence-electron chi connectivity index (χ4n) is 2.27. The number of nitrogens with one attached hydrogen (secondary N) is 2. The van der Waals surface area contributed by atoms with Gasteiger partial charge < -0.3 is 20.7 Å². The lowest BCUT2D eigenvalue weighted by atomic mass is 10.1. The van der Waals surface area contributed by atoms with Crippen molar-refractivity contribution in [1.29, 1.82) is 0 Å². The minimum Gasteiger partial charge on any atom is -0.478 e. The molecule has 0 aliphatic carbocycles. The fourth-order valence-corrected chi connectivity index (χ4v) is 2.27. The van der Waals surface area contributed by atoms with Crippen LogP contribution in [0.2, 0.25) is 0 Å². The van der Waals surface area contributed by atoms with Crippen LogP contribution in [0.15, 0.2) is 48.5 Å². The zero-order valence-corrected chi connectivity index (χ0v) is 14.6. The Hall–Kier alpha value is -3.18. The summed E-state index contributed by atoms with van der Waals surface area (Å²) in [6, 6.07) is 12.2. The smallest absolute Gasteiger partial charge is 0.335 e. The number of hydrogen-bond donors (Lipinski definition) is 5. The van der Waals surface area contributed by atoms with Crippen molar-refractivity contribution in [2.45, 2.75) is 19.1 Å². The molecule has 0 saturated carbocycles. The minimum absolute atomic E-state index is 0.0162. The van der Waals surface area contributed by atoms with Crippen molar-refractivity contribution in [3.05, 3.63) is 70.8 Å². The molecule has 1 amide bonds. The van der Waals surface area contributed by atoms with Gasteiger partial charge in [-0.25, -0.2) is 10.3 Å². The van der Waals surface area contributed by atoms with Crippen LogP contribution in [-0.2, 0) is 0 Å². The third kappa shape index (κ3) is 5.94. The maximum Gasteiger partial charge on any atom is 0.335 e. The highest BCUT2D eigenvalue weighted by molar-refractivity contribution is 5.94. The lowest BCUT2D eigenvalue weighted by Gasteiger charge is -2.20. The van der Waals surface area contributed by atoms with Gasteiger partial charge in [0.2, 0.25) is 0 Å². The highest BCUT2D eigenvalue weighted by Crippen LogP contribution is 2.07. The normalized spacial score (nSPS) is 12.4. The number of carboxylic acids is 1. The van der Waals surface area contributed by atoms with Crippen molar-refractivity contribution in [3.63, 3.8) is 0 Å². The lowest BCUT2D eigenvalue weighted by molar-refractivity contribution is 0.0696. The predicted octanol–water partition coefficient (Wildman–Crippen LogP) is 1.24. The van der Waals surface area contributed by atoms with Gasteiger partial charge in [0.05, 0.1) is 17.7 Å². The first-order valence-corrected chi connectivity index (χ1v) is 8.22. The number of carboxylic acid groups (broad SMARTS) is 1. The van der Waals surface area contributed by atoms with Crippen LogP contribution in [0.25, 0.3) is 0 Å². The van der Waals surface area contributed by atoms with E-state index in [1.54, 1.807) is 36.4 Å². The molecular weight excluding hydrogens is 348 g/mol. The molecule has 0 bridgehead atoms. The molecule has 27 heavy (non-hydrogen) atoms. The van der Waals surface area contributed by atoms with Crippen molar-refractivity contribution >= 4 is 11.9 Å². The number of carbonyl (C=O) groups is 2. The van der Waals surface area contributed by atoms with E-state index in [9.17, 15) is 14.7 Å². The number of benzene rings is 2. The van der Waals surface area contributed by atoms with E-state index in [0.29, 0.717) is 16.7 Å². The molecule has 2 aromatic rings. The second-order valence-electron chi connectivity index (χ2n) is 5.90. The second kappa shape index (κ2) is 9.50. The first-order chi connectivity index (χ1) is 12.9. The molecule has 2 atom stereocenters. The molecule has 0 spiro atoms. The number of hydrogen-bond acceptors (Lipinski definition) is 5. The van der Waals surface area contributed by atoms with E-state index in [-0.39, 0.29) is 18.0 Å². The minimum atomic E-state index is -1.01. The van der Waals surface area contributed by atoms with Crippen molar-refractivity contribution in [1.82, 2.24) is 10.8 Å². The molecular formula is C20H20N2O5. The van der Waals surface area contributed by atoms with Crippen LogP contribution in [-0.4, -0.2) is 46.0 Å². The molecule has 5 N–H and O–H groups in total. The SMILES string of the molecule is C[C@@H](O)[C@H](CNO)NC(=O)c1ccc(C#Cc2cccc(C(=O)O)c2)cc1. The first kappa shape index (κ1) is 20.1. The van der Waals surface area contributed by atoms with Gasteiger partial charge in [0.1, 0.15) is 0 Å². The van der Waals surface area contributed by atoms with Gasteiger partial charge in [0.25, 0.3) is 5.91 Å². The zero-order valence-electron chi connectivity index (χ0n) is 14.6. The van der Waals surface area contributed by atoms with Gasteiger partial charge in [-0.15, -0.1) is 0 Å². The summed E-state index contributed by atoms with van der Waals surface area (Å²) in [5, 5.41) is 30.0. The van der Waals surface area contributed by atoms with Crippen molar-refractivity contribution in [2.24, 2.45) is 0 Å². The quantitative estimate of drug-likeness (QED) is 0.387. The molecule has 7 nitrogen and oxygen atoms in total. The van der Waals surface area contributed by atoms with Crippen LogP contribution < -0.4 is 10.8 Å². The Labute approximate surface area is 156 Å². The van der Waals surface area contributed by atoms with E-state index in [0.717, 1.165) is 0 Å². The number of hydroxylamine groups is 1. The highest BCUT2D eigenvalue weighted by Gasteiger charge is 2.17. The monoisotopic (exact) mass is 368 g/mol. The largest absolute Gasteiger partial charge is 0.478 e. The Morgan fingerprint density at radius 3 is 2.30 bits per heavy atom. The Bertz CT molecular complexity index is 866. The fraction of sp³-hybridized carbons (Fsp3) is 0.200. The average molecular weight is 368 g/mol. The average Bonchev–Trinajstić information content (AvgIpc) is 2.66. The van der Waals surface area contributed by atoms with Crippen LogP contribution in [0.5, 0.6) is 0 Å². The molecule has 0 aliphatic rings. The Kier molecular flexibility index (Phi) is 7.08. The summed E-state index contributed by atoms with van der Waals surface area (Å²) in [6.45, 7) is 1.53. The van der Waals surface area contributed by atoms with Crippen LogP contribution >= 0.6 is 0 Å². The molecule has 2 aromatic carbocycles. The molecule has 0 aromatic heterocycles. The Balaban J connectivity index is 2.08. The number of aromatic carboxylic acids is 1. The summed E-state index contributed by atoms with van der Waals surface area (Å²) in [4.78, 5) is 23.2. The van der Waals surface area contributed by atoms with Crippen molar-refractivity contribution in [2.75, 3.05) is 6.54 Å². The molecule has 0 fully saturated rings. The van der Waals surface area contributed by atoms with Gasteiger partial charge in [-0.2, -0.15) is 0 Å². The maximum absolute atomic E-state index is 12.2. The number of carbonyl (C=O) groups excluding carboxylic acids is 1. The molecule has 0 saturated heterocycles. The Morgan fingerprint density at radius 1 is 1.04 bits per heavy atom. The lowest BCUT2D eigenvalue weighted by Crippen LogP contribution is -2.47. The maximum atomic E-state index is 12.2. The van der Waals surface area contributed by atoms with Gasteiger partial charge in [-0.3, -0.25) is 4.79 Å². The number of aliphatic hydroxyl groups is 1. The third-order valence-corrected chi connectivity index (χ3v) is 3.82. The summed E-state index contributed by atoms with van der Waals surface area (Å²) >= 11 is 0. The molecule has 2 rings (SSSR count).